The maximum Gasteiger partial charge on any atom is 0.220 e. The van der Waals surface area contributed by atoms with E-state index in [4.69, 9.17) is 5.73 Å². The Kier molecular flexibility index (Phi) is 6.68. The second-order valence-corrected chi connectivity index (χ2v) is 5.25. The molecule has 0 bridgehead atoms. The van der Waals surface area contributed by atoms with Crippen molar-refractivity contribution < 1.29 is 9.90 Å². The molecule has 20 heavy (non-hydrogen) atoms. The Labute approximate surface area is 121 Å². The zero-order chi connectivity index (χ0) is 15.0. The SMILES string of the molecule is CCC(CC)(CO)NC(=O)CCC(N)c1ccccc1. The van der Waals surface area contributed by atoms with Crippen LogP contribution < -0.4 is 11.1 Å². The van der Waals surface area contributed by atoms with Crippen molar-refractivity contribution in [2.45, 2.75) is 51.1 Å². The minimum atomic E-state index is -0.492. The van der Waals surface area contributed by atoms with E-state index in [1.165, 1.54) is 0 Å². The molecule has 1 aromatic rings. The van der Waals surface area contributed by atoms with Crippen LogP contribution in [0.5, 0.6) is 0 Å². The molecular weight excluding hydrogens is 252 g/mol. The molecule has 1 atom stereocenters. The second kappa shape index (κ2) is 8.02. The number of nitrogens with one attached hydrogen (secondary N) is 1. The third-order valence-corrected chi connectivity index (χ3v) is 3.97. The number of aliphatic hydroxyl groups is 1. The fraction of sp³-hybridized carbons (Fsp3) is 0.562. The quantitative estimate of drug-likeness (QED) is 0.682. The van der Waals surface area contributed by atoms with Gasteiger partial charge in [-0.3, -0.25) is 4.79 Å². The molecule has 4 nitrogen and oxygen atoms in total. The van der Waals surface area contributed by atoms with Crippen molar-refractivity contribution >= 4 is 5.91 Å². The summed E-state index contributed by atoms with van der Waals surface area (Å²) in [5, 5.41) is 12.4. The first kappa shape index (κ1) is 16.7. The zero-order valence-electron chi connectivity index (χ0n) is 12.4. The molecule has 4 heteroatoms. The molecule has 0 aliphatic heterocycles. The number of aliphatic hydroxyl groups excluding tert-OH is 1. The lowest BCUT2D eigenvalue weighted by Crippen LogP contribution is -2.50. The molecule has 112 valence electrons. The van der Waals surface area contributed by atoms with Crippen molar-refractivity contribution in [1.82, 2.24) is 5.32 Å². The highest BCUT2D eigenvalue weighted by molar-refractivity contribution is 5.76. The Balaban J connectivity index is 2.47. The highest BCUT2D eigenvalue weighted by atomic mass is 16.3. The lowest BCUT2D eigenvalue weighted by atomic mass is 9.93. The Morgan fingerprint density at radius 1 is 1.30 bits per heavy atom. The number of carbonyl (C=O) groups is 1. The Morgan fingerprint density at radius 3 is 2.40 bits per heavy atom. The number of hydrogen-bond donors (Lipinski definition) is 3. The van der Waals surface area contributed by atoms with Gasteiger partial charge in [0.15, 0.2) is 0 Å². The van der Waals surface area contributed by atoms with Crippen LogP contribution in [-0.2, 0) is 4.79 Å². The van der Waals surface area contributed by atoms with Gasteiger partial charge in [0.1, 0.15) is 0 Å². The van der Waals surface area contributed by atoms with Crippen LogP contribution in [0.4, 0.5) is 0 Å². The Morgan fingerprint density at radius 2 is 1.90 bits per heavy atom. The van der Waals surface area contributed by atoms with Crippen LogP contribution in [0.1, 0.15) is 51.1 Å². The molecule has 4 N–H and O–H groups in total. The first-order valence-corrected chi connectivity index (χ1v) is 7.29. The van der Waals surface area contributed by atoms with Gasteiger partial charge < -0.3 is 16.2 Å². The van der Waals surface area contributed by atoms with E-state index in [2.05, 4.69) is 5.32 Å². The first-order chi connectivity index (χ1) is 9.56. The number of amides is 1. The summed E-state index contributed by atoms with van der Waals surface area (Å²) in [4.78, 5) is 12.0. The number of hydrogen-bond acceptors (Lipinski definition) is 3. The van der Waals surface area contributed by atoms with Gasteiger partial charge in [0, 0.05) is 12.5 Å². The van der Waals surface area contributed by atoms with E-state index in [1.807, 2.05) is 44.2 Å². The predicted octanol–water partition coefficient (Wildman–Crippen LogP) is 2.13. The molecule has 0 saturated heterocycles. The summed E-state index contributed by atoms with van der Waals surface area (Å²) < 4.78 is 0. The number of nitrogens with two attached hydrogens (primary N) is 1. The van der Waals surface area contributed by atoms with Gasteiger partial charge in [0.2, 0.25) is 5.91 Å². The average molecular weight is 278 g/mol. The molecule has 0 heterocycles. The van der Waals surface area contributed by atoms with E-state index in [0.29, 0.717) is 12.8 Å². The lowest BCUT2D eigenvalue weighted by molar-refractivity contribution is -0.124. The minimum Gasteiger partial charge on any atom is -0.394 e. The smallest absolute Gasteiger partial charge is 0.220 e. The fourth-order valence-electron chi connectivity index (χ4n) is 2.20. The third kappa shape index (κ3) is 4.62. The first-order valence-electron chi connectivity index (χ1n) is 7.29. The molecule has 1 rings (SSSR count). The van der Waals surface area contributed by atoms with Gasteiger partial charge in [-0.2, -0.15) is 0 Å². The van der Waals surface area contributed by atoms with Gasteiger partial charge in [-0.15, -0.1) is 0 Å². The summed E-state index contributed by atoms with van der Waals surface area (Å²) in [7, 11) is 0. The van der Waals surface area contributed by atoms with Crippen LogP contribution in [0.3, 0.4) is 0 Å². The van der Waals surface area contributed by atoms with Gasteiger partial charge in [-0.25, -0.2) is 0 Å². The van der Waals surface area contributed by atoms with Crippen LogP contribution in [-0.4, -0.2) is 23.2 Å². The van der Waals surface area contributed by atoms with Gasteiger partial charge in [-0.05, 0) is 24.8 Å². The lowest BCUT2D eigenvalue weighted by Gasteiger charge is -2.31. The Hall–Kier alpha value is -1.39. The normalized spacial score (nSPS) is 13.0. The van der Waals surface area contributed by atoms with E-state index in [-0.39, 0.29) is 18.6 Å². The summed E-state index contributed by atoms with van der Waals surface area (Å²) in [6, 6.07) is 9.65. The zero-order valence-corrected chi connectivity index (χ0v) is 12.4. The molecule has 0 fully saturated rings. The van der Waals surface area contributed by atoms with Gasteiger partial charge in [-0.1, -0.05) is 44.2 Å². The van der Waals surface area contributed by atoms with Crippen molar-refractivity contribution in [2.24, 2.45) is 5.73 Å². The van der Waals surface area contributed by atoms with Crippen molar-refractivity contribution in [3.05, 3.63) is 35.9 Å². The Bertz CT molecular complexity index is 394. The second-order valence-electron chi connectivity index (χ2n) is 5.25. The predicted molar refractivity (Wildman–Crippen MR) is 81.1 cm³/mol. The summed E-state index contributed by atoms with van der Waals surface area (Å²) in [6.07, 6.45) is 2.41. The van der Waals surface area contributed by atoms with Crippen LogP contribution in [0.2, 0.25) is 0 Å². The van der Waals surface area contributed by atoms with Crippen LogP contribution in [0.25, 0.3) is 0 Å². The maximum absolute atomic E-state index is 12.0. The number of benzene rings is 1. The number of carbonyl (C=O) groups excluding carboxylic acids is 1. The van der Waals surface area contributed by atoms with Gasteiger partial charge in [0.25, 0.3) is 0 Å². The van der Waals surface area contributed by atoms with Crippen LogP contribution >= 0.6 is 0 Å². The monoisotopic (exact) mass is 278 g/mol. The fourth-order valence-corrected chi connectivity index (χ4v) is 2.20. The van der Waals surface area contributed by atoms with E-state index >= 15 is 0 Å². The van der Waals surface area contributed by atoms with Crippen molar-refractivity contribution in [3.8, 4) is 0 Å². The molecule has 0 radical (unpaired) electrons. The van der Waals surface area contributed by atoms with E-state index in [0.717, 1.165) is 18.4 Å². The highest BCUT2D eigenvalue weighted by Crippen LogP contribution is 2.17. The molecule has 0 aliphatic rings. The van der Waals surface area contributed by atoms with E-state index in [9.17, 15) is 9.90 Å². The van der Waals surface area contributed by atoms with Gasteiger partial charge in [0.05, 0.1) is 12.1 Å². The highest BCUT2D eigenvalue weighted by Gasteiger charge is 2.26. The molecule has 1 aromatic carbocycles. The summed E-state index contributed by atoms with van der Waals surface area (Å²) >= 11 is 0. The van der Waals surface area contributed by atoms with Crippen molar-refractivity contribution in [1.29, 1.82) is 0 Å². The summed E-state index contributed by atoms with van der Waals surface area (Å²) in [5.74, 6) is -0.0471. The largest absolute Gasteiger partial charge is 0.394 e. The average Bonchev–Trinajstić information content (AvgIpc) is 2.51. The standard InChI is InChI=1S/C16H26N2O2/c1-3-16(4-2,12-19)18-15(20)11-10-14(17)13-8-6-5-7-9-13/h5-9,14,19H,3-4,10-12,17H2,1-2H3,(H,18,20). The van der Waals surface area contributed by atoms with Crippen molar-refractivity contribution in [2.75, 3.05) is 6.61 Å². The minimum absolute atomic E-state index is 0.0313. The van der Waals surface area contributed by atoms with E-state index < -0.39 is 5.54 Å². The molecule has 1 unspecified atom stereocenters. The van der Waals surface area contributed by atoms with Gasteiger partial charge >= 0.3 is 0 Å². The van der Waals surface area contributed by atoms with Crippen LogP contribution in [0, 0.1) is 0 Å². The molecule has 1 amide bonds. The molecule has 0 aliphatic carbocycles. The maximum atomic E-state index is 12.0. The topological polar surface area (TPSA) is 75.3 Å². The van der Waals surface area contributed by atoms with E-state index in [1.54, 1.807) is 0 Å². The van der Waals surface area contributed by atoms with Crippen LogP contribution in [0.15, 0.2) is 30.3 Å². The molecule has 0 spiro atoms. The summed E-state index contributed by atoms with van der Waals surface area (Å²) in [5.41, 5.74) is 6.62. The third-order valence-electron chi connectivity index (χ3n) is 3.97. The summed E-state index contributed by atoms with van der Waals surface area (Å²) in [6.45, 7) is 3.90. The van der Waals surface area contributed by atoms with Crippen molar-refractivity contribution in [3.63, 3.8) is 0 Å². The molecular formula is C16H26N2O2. The molecule has 0 saturated carbocycles. The molecule has 0 aromatic heterocycles. The number of rotatable bonds is 8.